The van der Waals surface area contributed by atoms with Crippen molar-refractivity contribution < 1.29 is 4.79 Å². The van der Waals surface area contributed by atoms with Crippen LogP contribution in [0, 0.1) is 0 Å². The molecular formula is C13H20N2O. The third-order valence-electron chi connectivity index (χ3n) is 2.69. The SMILES string of the molecule is CCc1ccccc1NC(=O)N(CC)CC. The second kappa shape index (κ2) is 6.16. The Bertz CT molecular complexity index is 346. The standard InChI is InChI=1S/C13H20N2O/c1-4-11-9-7-8-10-12(11)14-13(16)15(5-2)6-3/h7-10H,4-6H2,1-3H3,(H,14,16). The van der Waals surface area contributed by atoms with Gasteiger partial charge < -0.3 is 10.2 Å². The van der Waals surface area contributed by atoms with E-state index in [0.29, 0.717) is 0 Å². The first-order valence-corrected chi connectivity index (χ1v) is 5.86. The zero-order valence-corrected chi connectivity index (χ0v) is 10.3. The van der Waals surface area contributed by atoms with Crippen LogP contribution in [0.3, 0.4) is 0 Å². The van der Waals surface area contributed by atoms with Gasteiger partial charge in [-0.2, -0.15) is 0 Å². The molecule has 0 aliphatic rings. The molecule has 1 aromatic rings. The molecule has 0 saturated heterocycles. The maximum Gasteiger partial charge on any atom is 0.321 e. The van der Waals surface area contributed by atoms with Crippen molar-refractivity contribution in [3.05, 3.63) is 29.8 Å². The molecule has 0 radical (unpaired) electrons. The van der Waals surface area contributed by atoms with E-state index < -0.39 is 0 Å². The molecule has 0 fully saturated rings. The third kappa shape index (κ3) is 2.99. The Labute approximate surface area is 97.5 Å². The lowest BCUT2D eigenvalue weighted by atomic mass is 10.1. The van der Waals surface area contributed by atoms with Gasteiger partial charge in [0.2, 0.25) is 0 Å². The number of rotatable bonds is 4. The van der Waals surface area contributed by atoms with Crippen molar-refractivity contribution in [2.24, 2.45) is 0 Å². The van der Waals surface area contributed by atoms with Crippen molar-refractivity contribution in [1.29, 1.82) is 0 Å². The molecule has 0 heterocycles. The smallest absolute Gasteiger partial charge is 0.321 e. The Hall–Kier alpha value is -1.51. The number of hydrogen-bond donors (Lipinski definition) is 1. The van der Waals surface area contributed by atoms with E-state index in [1.165, 1.54) is 5.56 Å². The maximum atomic E-state index is 11.9. The van der Waals surface area contributed by atoms with Crippen LogP contribution in [0.4, 0.5) is 10.5 Å². The van der Waals surface area contributed by atoms with E-state index in [9.17, 15) is 4.79 Å². The summed E-state index contributed by atoms with van der Waals surface area (Å²) in [6, 6.07) is 7.90. The van der Waals surface area contributed by atoms with Crippen molar-refractivity contribution in [3.8, 4) is 0 Å². The minimum atomic E-state index is -0.0223. The topological polar surface area (TPSA) is 32.3 Å². The molecule has 16 heavy (non-hydrogen) atoms. The van der Waals surface area contributed by atoms with Gasteiger partial charge in [-0.1, -0.05) is 25.1 Å². The van der Waals surface area contributed by atoms with Crippen molar-refractivity contribution in [2.45, 2.75) is 27.2 Å². The van der Waals surface area contributed by atoms with Crippen LogP contribution in [0.2, 0.25) is 0 Å². The molecule has 3 heteroatoms. The van der Waals surface area contributed by atoms with Crippen molar-refractivity contribution in [1.82, 2.24) is 4.90 Å². The summed E-state index contributed by atoms with van der Waals surface area (Å²) < 4.78 is 0. The summed E-state index contributed by atoms with van der Waals surface area (Å²) >= 11 is 0. The zero-order chi connectivity index (χ0) is 12.0. The van der Waals surface area contributed by atoms with E-state index in [2.05, 4.69) is 12.2 Å². The van der Waals surface area contributed by atoms with E-state index in [-0.39, 0.29) is 6.03 Å². The van der Waals surface area contributed by atoms with Crippen molar-refractivity contribution in [3.63, 3.8) is 0 Å². The molecular weight excluding hydrogens is 200 g/mol. The average molecular weight is 220 g/mol. The number of amides is 2. The first kappa shape index (κ1) is 12.6. The van der Waals surface area contributed by atoms with E-state index in [1.54, 1.807) is 4.90 Å². The van der Waals surface area contributed by atoms with Crippen LogP contribution >= 0.6 is 0 Å². The van der Waals surface area contributed by atoms with Gasteiger partial charge in [0.25, 0.3) is 0 Å². The summed E-state index contributed by atoms with van der Waals surface area (Å²) in [5.74, 6) is 0. The first-order chi connectivity index (χ1) is 7.72. The number of nitrogens with zero attached hydrogens (tertiary/aromatic N) is 1. The molecule has 0 aromatic heterocycles. The molecule has 1 N–H and O–H groups in total. The van der Waals surface area contributed by atoms with Gasteiger partial charge in [0, 0.05) is 18.8 Å². The number of para-hydroxylation sites is 1. The van der Waals surface area contributed by atoms with Gasteiger partial charge in [-0.3, -0.25) is 0 Å². The average Bonchev–Trinajstić information content (AvgIpc) is 2.31. The molecule has 0 aliphatic heterocycles. The van der Waals surface area contributed by atoms with Gasteiger partial charge in [0.05, 0.1) is 0 Å². The van der Waals surface area contributed by atoms with Crippen LogP contribution in [0.25, 0.3) is 0 Å². The fourth-order valence-corrected chi connectivity index (χ4v) is 1.66. The predicted octanol–water partition coefficient (Wildman–Crippen LogP) is 3.12. The monoisotopic (exact) mass is 220 g/mol. The molecule has 0 spiro atoms. The summed E-state index contributed by atoms with van der Waals surface area (Å²) in [6.45, 7) is 7.51. The van der Waals surface area contributed by atoms with Gasteiger partial charge >= 0.3 is 6.03 Å². The second-order valence-corrected chi connectivity index (χ2v) is 3.61. The quantitative estimate of drug-likeness (QED) is 0.830. The minimum Gasteiger partial charge on any atom is -0.325 e. The van der Waals surface area contributed by atoms with Crippen LogP contribution < -0.4 is 5.32 Å². The Morgan fingerprint density at radius 2 is 1.81 bits per heavy atom. The van der Waals surface area contributed by atoms with Crippen molar-refractivity contribution >= 4 is 11.7 Å². The van der Waals surface area contributed by atoms with Gasteiger partial charge in [-0.15, -0.1) is 0 Å². The Morgan fingerprint density at radius 1 is 1.19 bits per heavy atom. The van der Waals surface area contributed by atoms with Crippen LogP contribution in [-0.2, 0) is 6.42 Å². The van der Waals surface area contributed by atoms with Gasteiger partial charge in [-0.05, 0) is 31.9 Å². The normalized spacial score (nSPS) is 9.94. The van der Waals surface area contributed by atoms with E-state index in [0.717, 1.165) is 25.2 Å². The minimum absolute atomic E-state index is 0.0223. The molecule has 1 aromatic carbocycles. The highest BCUT2D eigenvalue weighted by Gasteiger charge is 2.10. The first-order valence-electron chi connectivity index (χ1n) is 5.86. The number of carbonyl (C=O) groups is 1. The summed E-state index contributed by atoms with van der Waals surface area (Å²) in [4.78, 5) is 13.6. The number of carbonyl (C=O) groups excluding carboxylic acids is 1. The van der Waals surface area contributed by atoms with Gasteiger partial charge in [-0.25, -0.2) is 4.79 Å². The van der Waals surface area contributed by atoms with Crippen LogP contribution in [0.1, 0.15) is 26.3 Å². The number of hydrogen-bond acceptors (Lipinski definition) is 1. The van der Waals surface area contributed by atoms with Gasteiger partial charge in [0.15, 0.2) is 0 Å². The molecule has 1 rings (SSSR count). The molecule has 0 atom stereocenters. The van der Waals surface area contributed by atoms with Crippen LogP contribution in [0.5, 0.6) is 0 Å². The molecule has 2 amide bonds. The second-order valence-electron chi connectivity index (χ2n) is 3.61. The number of urea groups is 1. The van der Waals surface area contributed by atoms with E-state index >= 15 is 0 Å². The maximum absolute atomic E-state index is 11.9. The molecule has 0 bridgehead atoms. The van der Waals surface area contributed by atoms with E-state index in [1.807, 2.05) is 38.1 Å². The lowest BCUT2D eigenvalue weighted by Crippen LogP contribution is -2.34. The fourth-order valence-electron chi connectivity index (χ4n) is 1.66. The summed E-state index contributed by atoms with van der Waals surface area (Å²) in [5.41, 5.74) is 2.09. The fraction of sp³-hybridized carbons (Fsp3) is 0.462. The molecule has 0 aliphatic carbocycles. The number of nitrogens with one attached hydrogen (secondary N) is 1. The number of aryl methyl sites for hydroxylation is 1. The number of benzene rings is 1. The molecule has 0 unspecified atom stereocenters. The van der Waals surface area contributed by atoms with E-state index in [4.69, 9.17) is 0 Å². The molecule has 88 valence electrons. The highest BCUT2D eigenvalue weighted by molar-refractivity contribution is 5.90. The summed E-state index contributed by atoms with van der Waals surface area (Å²) in [5, 5.41) is 2.95. The van der Waals surface area contributed by atoms with Crippen LogP contribution in [-0.4, -0.2) is 24.0 Å². The highest BCUT2D eigenvalue weighted by atomic mass is 16.2. The third-order valence-corrected chi connectivity index (χ3v) is 2.69. The zero-order valence-electron chi connectivity index (χ0n) is 10.3. The lowest BCUT2D eigenvalue weighted by Gasteiger charge is -2.20. The summed E-state index contributed by atoms with van der Waals surface area (Å²) in [7, 11) is 0. The van der Waals surface area contributed by atoms with Crippen LogP contribution in [0.15, 0.2) is 24.3 Å². The van der Waals surface area contributed by atoms with Gasteiger partial charge in [0.1, 0.15) is 0 Å². The lowest BCUT2D eigenvalue weighted by molar-refractivity contribution is 0.217. The predicted molar refractivity (Wildman–Crippen MR) is 67.8 cm³/mol. The largest absolute Gasteiger partial charge is 0.325 e. The number of anilines is 1. The highest BCUT2D eigenvalue weighted by Crippen LogP contribution is 2.15. The Balaban J connectivity index is 2.76. The summed E-state index contributed by atoms with van der Waals surface area (Å²) in [6.07, 6.45) is 0.925. The Kier molecular flexibility index (Phi) is 4.83. The molecule has 3 nitrogen and oxygen atoms in total. The molecule has 0 saturated carbocycles. The van der Waals surface area contributed by atoms with Crippen molar-refractivity contribution in [2.75, 3.05) is 18.4 Å². The Morgan fingerprint density at radius 3 is 2.38 bits per heavy atom.